The first-order valence-electron chi connectivity index (χ1n) is 12.8. The quantitative estimate of drug-likeness (QED) is 0.319. The van der Waals surface area contributed by atoms with Crippen molar-refractivity contribution in [2.24, 2.45) is 0 Å². The maximum Gasteiger partial charge on any atom is 0.351 e. The number of nitrogens with two attached hydrogens (primary N) is 1. The molecule has 9 nitrogen and oxygen atoms in total. The Kier molecular flexibility index (Phi) is 7.81. The molecule has 2 aromatic carbocycles. The predicted molar refractivity (Wildman–Crippen MR) is 151 cm³/mol. The predicted octanol–water partition coefficient (Wildman–Crippen LogP) is 4.85. The lowest BCUT2D eigenvalue weighted by molar-refractivity contribution is -0.0581. The molecule has 0 amide bonds. The van der Waals surface area contributed by atoms with Crippen molar-refractivity contribution in [1.82, 2.24) is 9.55 Å². The minimum absolute atomic E-state index is 0.118. The van der Waals surface area contributed by atoms with Crippen LogP contribution in [-0.2, 0) is 14.2 Å². The van der Waals surface area contributed by atoms with Gasteiger partial charge in [0, 0.05) is 22.4 Å². The zero-order chi connectivity index (χ0) is 28.4. The number of hydrogen-bond acceptors (Lipinski definition) is 9. The topological polar surface area (TPSA) is 123 Å². The van der Waals surface area contributed by atoms with Crippen molar-refractivity contribution in [2.75, 3.05) is 12.3 Å². The lowest BCUT2D eigenvalue weighted by atomic mass is 10.1. The minimum atomic E-state index is -0.820. The average molecular weight is 560 g/mol. The fourth-order valence-electron chi connectivity index (χ4n) is 4.43. The average Bonchev–Trinajstić information content (AvgIpc) is 3.54. The molecule has 0 unspecified atom stereocenters. The molecule has 2 N–H and O–H groups in total. The van der Waals surface area contributed by atoms with E-state index in [-0.39, 0.29) is 18.8 Å². The van der Waals surface area contributed by atoms with Gasteiger partial charge in [0.2, 0.25) is 0 Å². The number of benzene rings is 2. The van der Waals surface area contributed by atoms with Gasteiger partial charge < -0.3 is 19.9 Å². The summed E-state index contributed by atoms with van der Waals surface area (Å²) in [5.74, 6) is -0.953. The van der Waals surface area contributed by atoms with E-state index in [0.29, 0.717) is 16.7 Å². The number of rotatable bonds is 7. The van der Waals surface area contributed by atoms with Crippen LogP contribution < -0.4 is 11.4 Å². The first-order chi connectivity index (χ1) is 19.2. The second-order valence-electron chi connectivity index (χ2n) is 9.78. The van der Waals surface area contributed by atoms with Crippen LogP contribution in [0.25, 0.3) is 10.4 Å². The number of anilines is 1. The van der Waals surface area contributed by atoms with E-state index < -0.39 is 36.1 Å². The minimum Gasteiger partial charge on any atom is -0.459 e. The summed E-state index contributed by atoms with van der Waals surface area (Å²) in [6, 6.07) is 17.9. The molecule has 3 atom stereocenters. The van der Waals surface area contributed by atoms with Crippen LogP contribution in [0.1, 0.15) is 49.4 Å². The Bertz CT molecular complexity index is 1590. The van der Waals surface area contributed by atoms with Crippen LogP contribution in [-0.4, -0.2) is 40.3 Å². The van der Waals surface area contributed by atoms with Crippen molar-refractivity contribution in [1.29, 1.82) is 0 Å². The van der Waals surface area contributed by atoms with Gasteiger partial charge in [0.15, 0.2) is 0 Å². The first-order valence-corrected chi connectivity index (χ1v) is 13.6. The fourth-order valence-corrected chi connectivity index (χ4v) is 5.31. The van der Waals surface area contributed by atoms with E-state index in [1.165, 1.54) is 15.9 Å². The van der Waals surface area contributed by atoms with E-state index in [1.807, 2.05) is 57.2 Å². The molecule has 10 heteroatoms. The highest BCUT2D eigenvalue weighted by Crippen LogP contribution is 2.34. The van der Waals surface area contributed by atoms with Gasteiger partial charge in [-0.05, 0) is 57.2 Å². The van der Waals surface area contributed by atoms with Crippen LogP contribution in [0.15, 0.2) is 71.7 Å². The van der Waals surface area contributed by atoms with Crippen molar-refractivity contribution >= 4 is 29.1 Å². The van der Waals surface area contributed by atoms with Crippen LogP contribution in [0.3, 0.4) is 0 Å². The van der Waals surface area contributed by atoms with E-state index in [2.05, 4.69) is 4.98 Å². The van der Waals surface area contributed by atoms with Crippen molar-refractivity contribution in [3.05, 3.63) is 104 Å². The molecule has 0 spiro atoms. The van der Waals surface area contributed by atoms with Gasteiger partial charge in [-0.1, -0.05) is 35.4 Å². The number of hydrogen-bond donors (Lipinski definition) is 1. The van der Waals surface area contributed by atoms with E-state index in [4.69, 9.17) is 19.9 Å². The SMILES string of the molecule is Cc1ccc(C(=O)OC[C@@H]2O[C@H](n3cc(-c4ccc(C)s4)c(N)nc3=O)C[C@H]2OC(=O)c2ccc(C)cc2)cc1. The van der Waals surface area contributed by atoms with Crippen LogP contribution in [0.5, 0.6) is 0 Å². The summed E-state index contributed by atoms with van der Waals surface area (Å²) < 4.78 is 18.9. The van der Waals surface area contributed by atoms with Gasteiger partial charge in [-0.25, -0.2) is 14.4 Å². The van der Waals surface area contributed by atoms with E-state index in [9.17, 15) is 14.4 Å². The smallest absolute Gasteiger partial charge is 0.351 e. The van der Waals surface area contributed by atoms with Crippen molar-refractivity contribution in [3.8, 4) is 10.4 Å². The number of carbonyl (C=O) groups is 2. The molecule has 1 aliphatic rings. The van der Waals surface area contributed by atoms with Crippen LogP contribution in [0.2, 0.25) is 0 Å². The molecule has 4 aromatic rings. The highest BCUT2D eigenvalue weighted by atomic mass is 32.1. The number of nitrogen functional groups attached to an aromatic ring is 1. The summed E-state index contributed by atoms with van der Waals surface area (Å²) in [5.41, 5.74) is 8.89. The van der Waals surface area contributed by atoms with Gasteiger partial charge in [0.1, 0.15) is 30.9 Å². The van der Waals surface area contributed by atoms with Gasteiger partial charge in [0.25, 0.3) is 0 Å². The molecular weight excluding hydrogens is 530 g/mol. The maximum atomic E-state index is 13.0. The van der Waals surface area contributed by atoms with Gasteiger partial charge in [-0.2, -0.15) is 4.98 Å². The molecule has 0 saturated carbocycles. The lowest BCUT2D eigenvalue weighted by Crippen LogP contribution is -2.32. The highest BCUT2D eigenvalue weighted by molar-refractivity contribution is 7.15. The molecule has 206 valence electrons. The second kappa shape index (κ2) is 11.4. The van der Waals surface area contributed by atoms with E-state index in [0.717, 1.165) is 20.9 Å². The number of aromatic nitrogens is 2. The van der Waals surface area contributed by atoms with E-state index >= 15 is 0 Å². The highest BCUT2D eigenvalue weighted by Gasteiger charge is 2.40. The molecule has 3 heterocycles. The van der Waals surface area contributed by atoms with Gasteiger partial charge >= 0.3 is 17.6 Å². The number of ether oxygens (including phenoxy) is 3. The molecule has 5 rings (SSSR count). The summed E-state index contributed by atoms with van der Waals surface area (Å²) in [6.07, 6.45) is -0.662. The maximum absolute atomic E-state index is 13.0. The number of thiophene rings is 1. The Labute approximate surface area is 235 Å². The molecule has 1 fully saturated rings. The molecule has 1 aliphatic heterocycles. The van der Waals surface area contributed by atoms with Crippen molar-refractivity contribution in [3.63, 3.8) is 0 Å². The summed E-state index contributed by atoms with van der Waals surface area (Å²) in [4.78, 5) is 44.5. The largest absolute Gasteiger partial charge is 0.459 e. The summed E-state index contributed by atoms with van der Waals surface area (Å²) in [7, 11) is 0. The van der Waals surface area contributed by atoms with Crippen molar-refractivity contribution in [2.45, 2.75) is 45.6 Å². The Balaban J connectivity index is 1.39. The lowest BCUT2D eigenvalue weighted by Gasteiger charge is -2.19. The third-order valence-corrected chi connectivity index (χ3v) is 7.72. The third kappa shape index (κ3) is 5.98. The third-order valence-electron chi connectivity index (χ3n) is 6.69. The summed E-state index contributed by atoms with van der Waals surface area (Å²) in [5, 5.41) is 0. The standard InChI is InChI=1S/C30H29N3O6S/c1-17-4-9-20(10-5-17)28(34)37-16-24-23(39-29(35)21-11-6-18(2)7-12-21)14-26(38-24)33-15-22(27(31)32-30(33)36)25-13-8-19(3)40-25/h4-13,15,23-24,26H,14,16H2,1-3H3,(H2,31,32,36)/t23-,24+,26+/m1/s1. The molecule has 0 bridgehead atoms. The zero-order valence-electron chi connectivity index (χ0n) is 22.3. The molecule has 0 aliphatic carbocycles. The molecular formula is C30H29N3O6S. The summed E-state index contributed by atoms with van der Waals surface area (Å²) in [6.45, 7) is 5.65. The molecule has 0 radical (unpaired) electrons. The molecule has 1 saturated heterocycles. The molecule has 40 heavy (non-hydrogen) atoms. The van der Waals surface area contributed by atoms with Crippen LogP contribution in [0, 0.1) is 20.8 Å². The van der Waals surface area contributed by atoms with Gasteiger partial charge in [0.05, 0.1) is 16.7 Å². The van der Waals surface area contributed by atoms with Crippen LogP contribution >= 0.6 is 11.3 Å². The Morgan fingerprint density at radius 1 is 0.975 bits per heavy atom. The zero-order valence-corrected chi connectivity index (χ0v) is 23.1. The number of carbonyl (C=O) groups excluding carboxylic acids is 2. The van der Waals surface area contributed by atoms with Crippen molar-refractivity contribution < 1.29 is 23.8 Å². The summed E-state index contributed by atoms with van der Waals surface area (Å²) >= 11 is 1.53. The normalized spacial score (nSPS) is 18.4. The number of aryl methyl sites for hydroxylation is 3. The number of nitrogens with zero attached hydrogens (tertiary/aromatic N) is 2. The van der Waals surface area contributed by atoms with E-state index in [1.54, 1.807) is 30.5 Å². The van der Waals surface area contributed by atoms with Crippen LogP contribution in [0.4, 0.5) is 5.82 Å². The molecule has 2 aromatic heterocycles. The fraction of sp³-hybridized carbons (Fsp3) is 0.267. The second-order valence-corrected chi connectivity index (χ2v) is 11.1. The first kappa shape index (κ1) is 27.3. The Hall–Kier alpha value is -4.28. The monoisotopic (exact) mass is 559 g/mol. The Morgan fingerprint density at radius 3 is 2.20 bits per heavy atom. The number of esters is 2. The Morgan fingerprint density at radius 2 is 1.60 bits per heavy atom. The van der Waals surface area contributed by atoms with Gasteiger partial charge in [-0.3, -0.25) is 4.57 Å². The van der Waals surface area contributed by atoms with Gasteiger partial charge in [-0.15, -0.1) is 11.3 Å².